The van der Waals surface area contributed by atoms with Crippen molar-refractivity contribution < 1.29 is 23.1 Å². The van der Waals surface area contributed by atoms with Crippen molar-refractivity contribution in [1.29, 1.82) is 0 Å². The molecular weight excluding hydrogens is 249 g/mol. The summed E-state index contributed by atoms with van der Waals surface area (Å²) in [5.74, 6) is -4.06. The van der Waals surface area contributed by atoms with E-state index in [2.05, 4.69) is 4.90 Å². The Kier molecular flexibility index (Phi) is 3.82. The monoisotopic (exact) mass is 266 g/mol. The molecule has 0 aromatic heterocycles. The zero-order valence-corrected chi connectivity index (χ0v) is 9.99. The molecule has 2 rings (SSSR count). The molecule has 0 radical (unpaired) electrons. The molecule has 1 saturated heterocycles. The predicted molar refractivity (Wildman–Crippen MR) is 58.2 cm³/mol. The van der Waals surface area contributed by atoms with E-state index in [-0.39, 0.29) is 0 Å². The molecule has 1 saturated carbocycles. The van der Waals surface area contributed by atoms with E-state index in [1.807, 2.05) is 0 Å². The van der Waals surface area contributed by atoms with Crippen LogP contribution in [0, 0.1) is 5.92 Å². The molecule has 1 atom stereocenters. The van der Waals surface area contributed by atoms with Gasteiger partial charge in [0.1, 0.15) is 0 Å². The van der Waals surface area contributed by atoms with Crippen molar-refractivity contribution >= 4 is 5.97 Å². The molecule has 1 unspecified atom stereocenters. The third-order valence-electron chi connectivity index (χ3n) is 3.60. The first-order valence-electron chi connectivity index (χ1n) is 6.14. The molecule has 0 amide bonds. The molecular formula is C11H17F3N2O2. The van der Waals surface area contributed by atoms with Gasteiger partial charge in [0.05, 0.1) is 0 Å². The molecule has 2 fully saturated rings. The molecule has 4 nitrogen and oxygen atoms in total. The molecule has 0 aromatic carbocycles. The summed E-state index contributed by atoms with van der Waals surface area (Å²) >= 11 is 0. The largest absolute Gasteiger partial charge is 0.481 e. The minimum Gasteiger partial charge on any atom is -0.481 e. The van der Waals surface area contributed by atoms with E-state index >= 15 is 0 Å². The zero-order valence-electron chi connectivity index (χ0n) is 9.99. The number of aliphatic carboxylic acids is 1. The Morgan fingerprint density at radius 3 is 2.17 bits per heavy atom. The highest BCUT2D eigenvalue weighted by atomic mass is 19.4. The lowest BCUT2D eigenvalue weighted by molar-refractivity contribution is -0.197. The number of carboxylic acids is 1. The fourth-order valence-corrected chi connectivity index (χ4v) is 2.33. The number of hydrogen-bond acceptors (Lipinski definition) is 3. The highest BCUT2D eigenvalue weighted by molar-refractivity contribution is 5.71. The minimum absolute atomic E-state index is 0.433. The third kappa shape index (κ3) is 3.35. The van der Waals surface area contributed by atoms with Crippen molar-refractivity contribution in [3.8, 4) is 0 Å². The summed E-state index contributed by atoms with van der Waals surface area (Å²) in [5, 5.41) is 8.63. The standard InChI is InChI=1S/C11H17F3N2O2/c12-11(13,14)9(10(17)18)7-15-3-5-16(6-4-15)8-1-2-8/h8-9H,1-7H2,(H,17,18). The quantitative estimate of drug-likeness (QED) is 0.825. The van der Waals surface area contributed by atoms with Crippen molar-refractivity contribution in [2.24, 2.45) is 5.92 Å². The van der Waals surface area contributed by atoms with Crippen LogP contribution in [0.4, 0.5) is 13.2 Å². The van der Waals surface area contributed by atoms with Crippen LogP contribution in [0.5, 0.6) is 0 Å². The second-order valence-electron chi connectivity index (χ2n) is 5.00. The van der Waals surface area contributed by atoms with Gasteiger partial charge >= 0.3 is 12.1 Å². The molecule has 0 spiro atoms. The maximum atomic E-state index is 12.5. The number of carboxylic acid groups (broad SMARTS) is 1. The number of piperazine rings is 1. The van der Waals surface area contributed by atoms with Gasteiger partial charge in [-0.05, 0) is 12.8 Å². The Morgan fingerprint density at radius 1 is 1.22 bits per heavy atom. The lowest BCUT2D eigenvalue weighted by Gasteiger charge is -2.36. The Hall–Kier alpha value is -0.820. The molecule has 104 valence electrons. The van der Waals surface area contributed by atoms with Crippen LogP contribution in [0.25, 0.3) is 0 Å². The SMILES string of the molecule is O=C(O)C(CN1CCN(C2CC2)CC1)C(F)(F)F. The van der Waals surface area contributed by atoms with E-state index in [0.717, 1.165) is 13.1 Å². The first-order chi connectivity index (χ1) is 8.38. The van der Waals surface area contributed by atoms with Gasteiger partial charge in [0.15, 0.2) is 5.92 Å². The lowest BCUT2D eigenvalue weighted by Crippen LogP contribution is -2.51. The zero-order chi connectivity index (χ0) is 13.3. The van der Waals surface area contributed by atoms with Gasteiger partial charge in [0, 0.05) is 38.8 Å². The Bertz CT molecular complexity index is 310. The summed E-state index contributed by atoms with van der Waals surface area (Å²) in [6.45, 7) is 2.10. The highest BCUT2D eigenvalue weighted by Crippen LogP contribution is 2.29. The first kappa shape index (κ1) is 13.6. The topological polar surface area (TPSA) is 43.8 Å². The molecule has 1 aliphatic heterocycles. The van der Waals surface area contributed by atoms with E-state index < -0.39 is 24.6 Å². The second-order valence-corrected chi connectivity index (χ2v) is 5.00. The summed E-state index contributed by atoms with van der Waals surface area (Å²) in [5.41, 5.74) is 0. The van der Waals surface area contributed by atoms with Crippen molar-refractivity contribution in [1.82, 2.24) is 9.80 Å². The Balaban J connectivity index is 1.83. The van der Waals surface area contributed by atoms with Crippen LogP contribution in [0.1, 0.15) is 12.8 Å². The number of halogens is 3. The van der Waals surface area contributed by atoms with Gasteiger partial charge in [-0.15, -0.1) is 0 Å². The van der Waals surface area contributed by atoms with Gasteiger partial charge in [-0.1, -0.05) is 0 Å². The molecule has 18 heavy (non-hydrogen) atoms. The highest BCUT2D eigenvalue weighted by Gasteiger charge is 2.46. The fraction of sp³-hybridized carbons (Fsp3) is 0.909. The Labute approximate surface area is 103 Å². The third-order valence-corrected chi connectivity index (χ3v) is 3.60. The second kappa shape index (κ2) is 5.05. The molecule has 0 aromatic rings. The molecule has 7 heteroatoms. The maximum absolute atomic E-state index is 12.5. The van der Waals surface area contributed by atoms with E-state index in [0.29, 0.717) is 19.1 Å². The van der Waals surface area contributed by atoms with E-state index in [1.54, 1.807) is 4.90 Å². The summed E-state index contributed by atoms with van der Waals surface area (Å²) in [6.07, 6.45) is -2.31. The molecule has 1 aliphatic carbocycles. The van der Waals surface area contributed by atoms with E-state index in [9.17, 15) is 18.0 Å². The molecule has 0 bridgehead atoms. The van der Waals surface area contributed by atoms with Crippen molar-refractivity contribution in [2.45, 2.75) is 25.1 Å². The van der Waals surface area contributed by atoms with Crippen LogP contribution in [0.3, 0.4) is 0 Å². The summed E-state index contributed by atoms with van der Waals surface area (Å²) < 4.78 is 37.6. The molecule has 1 heterocycles. The van der Waals surface area contributed by atoms with Crippen LogP contribution >= 0.6 is 0 Å². The minimum atomic E-state index is -4.67. The van der Waals surface area contributed by atoms with Crippen LogP contribution in [-0.2, 0) is 4.79 Å². The van der Waals surface area contributed by atoms with Gasteiger partial charge < -0.3 is 5.11 Å². The van der Waals surface area contributed by atoms with Crippen molar-refractivity contribution in [3.63, 3.8) is 0 Å². The van der Waals surface area contributed by atoms with Crippen molar-refractivity contribution in [3.05, 3.63) is 0 Å². The van der Waals surface area contributed by atoms with Crippen LogP contribution in [0.2, 0.25) is 0 Å². The lowest BCUT2D eigenvalue weighted by atomic mass is 10.1. The van der Waals surface area contributed by atoms with Gasteiger partial charge in [-0.3, -0.25) is 14.6 Å². The first-order valence-corrected chi connectivity index (χ1v) is 6.14. The molecule has 1 N–H and O–H groups in total. The van der Waals surface area contributed by atoms with Crippen LogP contribution < -0.4 is 0 Å². The smallest absolute Gasteiger partial charge is 0.403 e. The number of hydrogen-bond donors (Lipinski definition) is 1. The summed E-state index contributed by atoms with van der Waals surface area (Å²) in [6, 6.07) is 0.616. The number of rotatable bonds is 4. The average Bonchev–Trinajstić information content (AvgIpc) is 3.08. The van der Waals surface area contributed by atoms with Gasteiger partial charge in [0.25, 0.3) is 0 Å². The van der Waals surface area contributed by atoms with Crippen LogP contribution in [0.15, 0.2) is 0 Å². The fourth-order valence-electron chi connectivity index (χ4n) is 2.33. The van der Waals surface area contributed by atoms with Gasteiger partial charge in [-0.2, -0.15) is 13.2 Å². The number of alkyl halides is 3. The van der Waals surface area contributed by atoms with Gasteiger partial charge in [0.2, 0.25) is 0 Å². The number of nitrogens with zero attached hydrogens (tertiary/aromatic N) is 2. The summed E-state index contributed by atoms with van der Waals surface area (Å²) in [7, 11) is 0. The van der Waals surface area contributed by atoms with E-state index in [4.69, 9.17) is 5.11 Å². The van der Waals surface area contributed by atoms with E-state index in [1.165, 1.54) is 12.8 Å². The predicted octanol–water partition coefficient (Wildman–Crippen LogP) is 1.03. The van der Waals surface area contributed by atoms with Crippen molar-refractivity contribution in [2.75, 3.05) is 32.7 Å². The van der Waals surface area contributed by atoms with Gasteiger partial charge in [-0.25, -0.2) is 0 Å². The average molecular weight is 266 g/mol. The number of carbonyl (C=O) groups is 1. The normalized spacial score (nSPS) is 25.1. The summed E-state index contributed by atoms with van der Waals surface area (Å²) in [4.78, 5) is 14.5. The molecule has 2 aliphatic rings. The Morgan fingerprint density at radius 2 is 1.78 bits per heavy atom. The maximum Gasteiger partial charge on any atom is 0.403 e. The van der Waals surface area contributed by atoms with Crippen LogP contribution in [-0.4, -0.2) is 65.8 Å².